The average Bonchev–Trinajstić information content (AvgIpc) is 2.69. The number of aryl methyl sites for hydroxylation is 1. The summed E-state index contributed by atoms with van der Waals surface area (Å²) in [6, 6.07) is 27.3. The van der Waals surface area contributed by atoms with Crippen molar-refractivity contribution in [2.24, 2.45) is 0 Å². The molecule has 0 bridgehead atoms. The third-order valence-corrected chi connectivity index (χ3v) is 5.74. The van der Waals surface area contributed by atoms with Gasteiger partial charge in [-0.25, -0.2) is 8.42 Å². The van der Waals surface area contributed by atoms with Crippen LogP contribution in [0, 0.1) is 6.92 Å². The van der Waals surface area contributed by atoms with Crippen molar-refractivity contribution in [2.75, 3.05) is 4.72 Å². The number of fused-ring (bicyclic) bond motifs is 1. The van der Waals surface area contributed by atoms with Crippen molar-refractivity contribution in [2.45, 2.75) is 11.8 Å². The molecule has 4 rings (SSSR count). The molecule has 0 spiro atoms. The fourth-order valence-corrected chi connectivity index (χ4v) is 4.05. The van der Waals surface area contributed by atoms with Gasteiger partial charge in [0.1, 0.15) is 11.5 Å². The van der Waals surface area contributed by atoms with E-state index in [2.05, 4.69) is 4.72 Å². The lowest BCUT2D eigenvalue weighted by Gasteiger charge is -2.10. The van der Waals surface area contributed by atoms with E-state index >= 15 is 0 Å². The molecule has 5 heteroatoms. The summed E-state index contributed by atoms with van der Waals surface area (Å²) < 4.78 is 33.8. The predicted octanol–water partition coefficient (Wildman–Crippen LogP) is 5.74. The Balaban J connectivity index is 1.52. The number of hydrogen-bond donors (Lipinski definition) is 1. The molecule has 0 fully saturated rings. The molecule has 0 aliphatic heterocycles. The predicted molar refractivity (Wildman–Crippen MR) is 112 cm³/mol. The second kappa shape index (κ2) is 7.37. The molecular formula is C23H19NO3S. The molecular weight excluding hydrogens is 370 g/mol. The topological polar surface area (TPSA) is 55.4 Å². The Labute approximate surface area is 164 Å². The minimum atomic E-state index is -3.67. The van der Waals surface area contributed by atoms with Crippen molar-refractivity contribution < 1.29 is 13.2 Å². The van der Waals surface area contributed by atoms with E-state index in [-0.39, 0.29) is 4.90 Å². The van der Waals surface area contributed by atoms with Crippen molar-refractivity contribution in [3.05, 3.63) is 96.6 Å². The lowest BCUT2D eigenvalue weighted by molar-refractivity contribution is 0.482. The fourth-order valence-electron chi connectivity index (χ4n) is 2.95. The van der Waals surface area contributed by atoms with Gasteiger partial charge in [0, 0.05) is 5.69 Å². The second-order valence-electron chi connectivity index (χ2n) is 6.56. The van der Waals surface area contributed by atoms with Gasteiger partial charge in [0.15, 0.2) is 0 Å². The molecule has 4 nitrogen and oxygen atoms in total. The normalized spacial score (nSPS) is 11.3. The molecule has 0 saturated heterocycles. The maximum Gasteiger partial charge on any atom is 0.261 e. The standard InChI is InChI=1S/C23H19NO3S/c1-17-5-4-8-22(15-17)27-21-12-10-20(11-13-21)24-28(25,26)23-14-9-18-6-2-3-7-19(18)16-23/h2-16,24H,1H3. The Morgan fingerprint density at radius 3 is 2.21 bits per heavy atom. The van der Waals surface area contributed by atoms with E-state index in [1.165, 1.54) is 0 Å². The number of rotatable bonds is 5. The molecule has 4 aromatic rings. The van der Waals surface area contributed by atoms with Gasteiger partial charge in [0.25, 0.3) is 10.0 Å². The lowest BCUT2D eigenvalue weighted by Crippen LogP contribution is -2.12. The molecule has 1 N–H and O–H groups in total. The SMILES string of the molecule is Cc1cccc(Oc2ccc(NS(=O)(=O)c3ccc4ccccc4c3)cc2)c1. The number of sulfonamides is 1. The smallest absolute Gasteiger partial charge is 0.261 e. The third kappa shape index (κ3) is 4.00. The first-order chi connectivity index (χ1) is 13.5. The molecule has 0 radical (unpaired) electrons. The minimum Gasteiger partial charge on any atom is -0.457 e. The van der Waals surface area contributed by atoms with Gasteiger partial charge in [-0.2, -0.15) is 0 Å². The van der Waals surface area contributed by atoms with Gasteiger partial charge in [-0.05, 0) is 71.8 Å². The van der Waals surface area contributed by atoms with Crippen LogP contribution in [0.3, 0.4) is 0 Å². The van der Waals surface area contributed by atoms with E-state index in [0.717, 1.165) is 22.1 Å². The summed E-state index contributed by atoms with van der Waals surface area (Å²) in [5, 5.41) is 1.88. The van der Waals surface area contributed by atoms with Crippen LogP contribution in [0.2, 0.25) is 0 Å². The monoisotopic (exact) mass is 389 g/mol. The summed E-state index contributed by atoms with van der Waals surface area (Å²) in [6.45, 7) is 2.00. The summed E-state index contributed by atoms with van der Waals surface area (Å²) in [7, 11) is -3.67. The van der Waals surface area contributed by atoms with E-state index in [1.807, 2.05) is 61.5 Å². The highest BCUT2D eigenvalue weighted by atomic mass is 32.2. The first-order valence-corrected chi connectivity index (χ1v) is 10.3. The van der Waals surface area contributed by atoms with E-state index in [0.29, 0.717) is 11.4 Å². The number of nitrogens with one attached hydrogen (secondary N) is 1. The Bertz CT molecular complexity index is 1230. The van der Waals surface area contributed by atoms with Crippen LogP contribution >= 0.6 is 0 Å². The molecule has 0 heterocycles. The van der Waals surface area contributed by atoms with Gasteiger partial charge >= 0.3 is 0 Å². The zero-order valence-electron chi connectivity index (χ0n) is 15.3. The lowest BCUT2D eigenvalue weighted by atomic mass is 10.1. The zero-order chi connectivity index (χ0) is 19.6. The Morgan fingerprint density at radius 1 is 0.714 bits per heavy atom. The van der Waals surface area contributed by atoms with Gasteiger partial charge in [-0.3, -0.25) is 4.72 Å². The summed E-state index contributed by atoms with van der Waals surface area (Å²) in [5.41, 5.74) is 1.59. The third-order valence-electron chi connectivity index (χ3n) is 4.36. The molecule has 140 valence electrons. The molecule has 0 aromatic heterocycles. The van der Waals surface area contributed by atoms with Gasteiger partial charge in [-0.1, -0.05) is 42.5 Å². The second-order valence-corrected chi connectivity index (χ2v) is 8.24. The Hall–Kier alpha value is -3.31. The Morgan fingerprint density at radius 2 is 1.46 bits per heavy atom. The number of anilines is 1. The van der Waals surface area contributed by atoms with Crippen LogP contribution in [0.15, 0.2) is 95.9 Å². The summed E-state index contributed by atoms with van der Waals surface area (Å²) in [4.78, 5) is 0.228. The highest BCUT2D eigenvalue weighted by Crippen LogP contribution is 2.25. The molecule has 0 aliphatic carbocycles. The Kier molecular flexibility index (Phi) is 4.75. The molecule has 0 amide bonds. The number of ether oxygens (including phenoxy) is 1. The largest absolute Gasteiger partial charge is 0.457 e. The highest BCUT2D eigenvalue weighted by molar-refractivity contribution is 7.92. The molecule has 0 aliphatic rings. The minimum absolute atomic E-state index is 0.228. The fraction of sp³-hybridized carbons (Fsp3) is 0.0435. The molecule has 0 atom stereocenters. The summed E-state index contributed by atoms with van der Waals surface area (Å²) in [6.07, 6.45) is 0. The quantitative estimate of drug-likeness (QED) is 0.473. The molecule has 0 unspecified atom stereocenters. The zero-order valence-corrected chi connectivity index (χ0v) is 16.1. The van der Waals surface area contributed by atoms with Gasteiger partial charge in [0.2, 0.25) is 0 Å². The number of benzene rings is 4. The van der Waals surface area contributed by atoms with Gasteiger partial charge in [-0.15, -0.1) is 0 Å². The van der Waals surface area contributed by atoms with Crippen LogP contribution in [-0.2, 0) is 10.0 Å². The van der Waals surface area contributed by atoms with Crippen LogP contribution in [0.5, 0.6) is 11.5 Å². The van der Waals surface area contributed by atoms with Crippen LogP contribution < -0.4 is 9.46 Å². The van der Waals surface area contributed by atoms with E-state index in [1.54, 1.807) is 36.4 Å². The summed E-state index contributed by atoms with van der Waals surface area (Å²) in [5.74, 6) is 1.38. The first kappa shape index (κ1) is 18.1. The van der Waals surface area contributed by atoms with Crippen molar-refractivity contribution >= 4 is 26.5 Å². The van der Waals surface area contributed by atoms with Crippen LogP contribution in [0.25, 0.3) is 10.8 Å². The average molecular weight is 389 g/mol. The van der Waals surface area contributed by atoms with Crippen molar-refractivity contribution in [3.63, 3.8) is 0 Å². The number of hydrogen-bond acceptors (Lipinski definition) is 3. The van der Waals surface area contributed by atoms with E-state index in [9.17, 15) is 8.42 Å². The first-order valence-electron chi connectivity index (χ1n) is 8.86. The van der Waals surface area contributed by atoms with Crippen LogP contribution in [0.1, 0.15) is 5.56 Å². The van der Waals surface area contributed by atoms with Crippen molar-refractivity contribution in [3.8, 4) is 11.5 Å². The van der Waals surface area contributed by atoms with E-state index < -0.39 is 10.0 Å². The maximum atomic E-state index is 12.7. The van der Waals surface area contributed by atoms with Crippen molar-refractivity contribution in [1.29, 1.82) is 0 Å². The van der Waals surface area contributed by atoms with Crippen molar-refractivity contribution in [1.82, 2.24) is 0 Å². The highest BCUT2D eigenvalue weighted by Gasteiger charge is 2.14. The van der Waals surface area contributed by atoms with Gasteiger partial charge < -0.3 is 4.74 Å². The molecule has 28 heavy (non-hydrogen) atoms. The van der Waals surface area contributed by atoms with Crippen LogP contribution in [0.4, 0.5) is 5.69 Å². The van der Waals surface area contributed by atoms with Crippen LogP contribution in [-0.4, -0.2) is 8.42 Å². The molecule has 0 saturated carbocycles. The molecule has 4 aromatic carbocycles. The summed E-state index contributed by atoms with van der Waals surface area (Å²) >= 11 is 0. The maximum absolute atomic E-state index is 12.7. The van der Waals surface area contributed by atoms with E-state index in [4.69, 9.17) is 4.74 Å². The van der Waals surface area contributed by atoms with Gasteiger partial charge in [0.05, 0.1) is 4.90 Å².